The maximum atomic E-state index is 10.6. The van der Waals surface area contributed by atoms with Gasteiger partial charge in [0.05, 0.1) is 6.61 Å². The molecular formula is C11H10O2S. The molecule has 0 saturated carbocycles. The molecule has 0 fully saturated rings. The number of rotatable bonds is 2. The largest absolute Gasteiger partial charge is 0.392 e. The van der Waals surface area contributed by atoms with Crippen molar-refractivity contribution >= 4 is 27.7 Å². The van der Waals surface area contributed by atoms with E-state index in [-0.39, 0.29) is 6.61 Å². The Bertz CT molecular complexity index is 485. The topological polar surface area (TPSA) is 37.3 Å². The number of hydrogen-bond donors (Lipinski definition) is 1. The van der Waals surface area contributed by atoms with Gasteiger partial charge in [0.15, 0.2) is 0 Å². The Balaban J connectivity index is 2.78. The second-order valence-corrected chi connectivity index (χ2v) is 4.51. The van der Waals surface area contributed by atoms with Gasteiger partial charge in [0.2, 0.25) is 0 Å². The molecule has 0 radical (unpaired) electrons. The normalized spacial score (nSPS) is 10.7. The summed E-state index contributed by atoms with van der Waals surface area (Å²) in [6.45, 7) is 2.00. The first-order valence-electron chi connectivity index (χ1n) is 4.33. The van der Waals surface area contributed by atoms with E-state index in [1.54, 1.807) is 17.4 Å². The third kappa shape index (κ3) is 1.45. The van der Waals surface area contributed by atoms with Crippen LogP contribution in [0.3, 0.4) is 0 Å². The number of aryl methyl sites for hydroxylation is 1. The molecular weight excluding hydrogens is 196 g/mol. The van der Waals surface area contributed by atoms with Crippen LogP contribution in [0.5, 0.6) is 0 Å². The Morgan fingerprint density at radius 3 is 2.86 bits per heavy atom. The molecule has 0 bridgehead atoms. The van der Waals surface area contributed by atoms with Gasteiger partial charge in [0.1, 0.15) is 6.29 Å². The van der Waals surface area contributed by atoms with E-state index in [0.29, 0.717) is 5.56 Å². The van der Waals surface area contributed by atoms with Gasteiger partial charge in [-0.2, -0.15) is 0 Å². The van der Waals surface area contributed by atoms with E-state index >= 15 is 0 Å². The number of fused-ring (bicyclic) bond motifs is 1. The average molecular weight is 206 g/mol. The van der Waals surface area contributed by atoms with Crippen molar-refractivity contribution in [2.45, 2.75) is 13.5 Å². The number of carbonyl (C=O) groups is 1. The molecule has 0 atom stereocenters. The third-order valence-corrected chi connectivity index (χ3v) is 3.17. The number of thiophene rings is 1. The van der Waals surface area contributed by atoms with Crippen LogP contribution in [0.25, 0.3) is 10.1 Å². The summed E-state index contributed by atoms with van der Waals surface area (Å²) >= 11 is 1.64. The van der Waals surface area contributed by atoms with E-state index in [4.69, 9.17) is 5.11 Å². The number of carbonyl (C=O) groups excluding carboxylic acids is 1. The molecule has 72 valence electrons. The smallest absolute Gasteiger partial charge is 0.150 e. The van der Waals surface area contributed by atoms with Crippen LogP contribution >= 0.6 is 11.3 Å². The number of benzene rings is 1. The van der Waals surface area contributed by atoms with Crippen LogP contribution in [0, 0.1) is 6.92 Å². The molecule has 1 N–H and O–H groups in total. The lowest BCUT2D eigenvalue weighted by Crippen LogP contribution is -1.87. The molecule has 1 aromatic carbocycles. The maximum absolute atomic E-state index is 10.6. The Kier molecular flexibility index (Phi) is 2.35. The fourth-order valence-electron chi connectivity index (χ4n) is 1.56. The molecule has 0 amide bonds. The summed E-state index contributed by atoms with van der Waals surface area (Å²) < 4.78 is 1.07. The first-order chi connectivity index (χ1) is 6.74. The van der Waals surface area contributed by atoms with Gasteiger partial charge < -0.3 is 5.11 Å². The summed E-state index contributed by atoms with van der Waals surface area (Å²) in [5.74, 6) is 0. The van der Waals surface area contributed by atoms with E-state index in [1.807, 2.05) is 19.1 Å². The summed E-state index contributed by atoms with van der Waals surface area (Å²) in [4.78, 5) is 11.8. The second-order valence-electron chi connectivity index (χ2n) is 3.22. The number of aliphatic hydroxyl groups is 1. The monoisotopic (exact) mass is 206 g/mol. The molecule has 2 rings (SSSR count). The lowest BCUT2D eigenvalue weighted by Gasteiger charge is -1.99. The van der Waals surface area contributed by atoms with Crippen molar-refractivity contribution in [1.29, 1.82) is 0 Å². The van der Waals surface area contributed by atoms with Crippen molar-refractivity contribution in [2.24, 2.45) is 0 Å². The Morgan fingerprint density at radius 1 is 1.43 bits per heavy atom. The lowest BCUT2D eigenvalue weighted by molar-refractivity contribution is 0.112. The Hall–Kier alpha value is -1.19. The highest BCUT2D eigenvalue weighted by atomic mass is 32.1. The van der Waals surface area contributed by atoms with Crippen molar-refractivity contribution in [2.75, 3.05) is 0 Å². The van der Waals surface area contributed by atoms with E-state index in [0.717, 1.165) is 21.9 Å². The number of aliphatic hydroxyl groups excluding tert-OH is 1. The van der Waals surface area contributed by atoms with Gasteiger partial charge in [-0.05, 0) is 36.1 Å². The van der Waals surface area contributed by atoms with Gasteiger partial charge in [-0.15, -0.1) is 11.3 Å². The zero-order chi connectivity index (χ0) is 10.1. The van der Waals surface area contributed by atoms with Gasteiger partial charge in [-0.3, -0.25) is 4.79 Å². The molecule has 1 heterocycles. The molecule has 1 aromatic heterocycles. The predicted molar refractivity (Wildman–Crippen MR) is 57.9 cm³/mol. The standard InChI is InChI=1S/C11H10O2S/c1-7-2-10-9(6-13)3-8(5-12)4-11(10)14-7/h2-5,13H,6H2,1H3. The highest BCUT2D eigenvalue weighted by Crippen LogP contribution is 2.29. The average Bonchev–Trinajstić information content (AvgIpc) is 2.56. The van der Waals surface area contributed by atoms with Crippen LogP contribution in [0.1, 0.15) is 20.8 Å². The van der Waals surface area contributed by atoms with Gasteiger partial charge in [0.25, 0.3) is 0 Å². The molecule has 2 aromatic rings. The highest BCUT2D eigenvalue weighted by Gasteiger charge is 2.05. The summed E-state index contributed by atoms with van der Waals surface area (Å²) in [6, 6.07) is 5.64. The summed E-state index contributed by atoms with van der Waals surface area (Å²) in [5.41, 5.74) is 1.46. The molecule has 0 aliphatic rings. The van der Waals surface area contributed by atoms with Gasteiger partial charge in [0, 0.05) is 15.1 Å². The highest BCUT2D eigenvalue weighted by molar-refractivity contribution is 7.19. The van der Waals surface area contributed by atoms with Crippen LogP contribution in [-0.2, 0) is 6.61 Å². The van der Waals surface area contributed by atoms with Crippen molar-refractivity contribution in [3.05, 3.63) is 34.2 Å². The molecule has 2 nitrogen and oxygen atoms in total. The fraction of sp³-hybridized carbons (Fsp3) is 0.182. The molecule has 3 heteroatoms. The first-order valence-corrected chi connectivity index (χ1v) is 5.15. The van der Waals surface area contributed by atoms with Crippen molar-refractivity contribution in [3.8, 4) is 0 Å². The van der Waals surface area contributed by atoms with Crippen LogP contribution in [0.2, 0.25) is 0 Å². The zero-order valence-corrected chi connectivity index (χ0v) is 8.60. The third-order valence-electron chi connectivity index (χ3n) is 2.18. The zero-order valence-electron chi connectivity index (χ0n) is 7.78. The Labute approximate surface area is 85.8 Å². The van der Waals surface area contributed by atoms with E-state index < -0.39 is 0 Å². The molecule has 14 heavy (non-hydrogen) atoms. The van der Waals surface area contributed by atoms with Gasteiger partial charge in [-0.25, -0.2) is 0 Å². The molecule has 0 spiro atoms. The molecule has 0 aliphatic carbocycles. The molecule has 0 saturated heterocycles. The first kappa shape index (κ1) is 9.37. The molecule has 0 unspecified atom stereocenters. The van der Waals surface area contributed by atoms with Crippen LogP contribution < -0.4 is 0 Å². The van der Waals surface area contributed by atoms with E-state index in [9.17, 15) is 4.79 Å². The SMILES string of the molecule is Cc1cc2c(CO)cc(C=O)cc2s1. The van der Waals surface area contributed by atoms with Crippen molar-refractivity contribution in [1.82, 2.24) is 0 Å². The van der Waals surface area contributed by atoms with Crippen LogP contribution in [0.4, 0.5) is 0 Å². The summed E-state index contributed by atoms with van der Waals surface area (Å²) in [5, 5.41) is 10.2. The summed E-state index contributed by atoms with van der Waals surface area (Å²) in [6.07, 6.45) is 0.813. The number of aldehydes is 1. The predicted octanol–water partition coefficient (Wildman–Crippen LogP) is 2.51. The van der Waals surface area contributed by atoms with E-state index in [2.05, 4.69) is 0 Å². The molecule has 0 aliphatic heterocycles. The Morgan fingerprint density at radius 2 is 2.21 bits per heavy atom. The van der Waals surface area contributed by atoms with Crippen LogP contribution in [0.15, 0.2) is 18.2 Å². The summed E-state index contributed by atoms with van der Waals surface area (Å²) in [7, 11) is 0. The minimum atomic E-state index is -0.0195. The minimum Gasteiger partial charge on any atom is -0.392 e. The van der Waals surface area contributed by atoms with Crippen molar-refractivity contribution in [3.63, 3.8) is 0 Å². The quantitative estimate of drug-likeness (QED) is 0.766. The maximum Gasteiger partial charge on any atom is 0.150 e. The number of hydrogen-bond acceptors (Lipinski definition) is 3. The minimum absolute atomic E-state index is 0.0195. The second kappa shape index (κ2) is 3.52. The van der Waals surface area contributed by atoms with Gasteiger partial charge in [-0.1, -0.05) is 0 Å². The van der Waals surface area contributed by atoms with E-state index in [1.165, 1.54) is 4.88 Å². The van der Waals surface area contributed by atoms with Crippen molar-refractivity contribution < 1.29 is 9.90 Å². The van der Waals surface area contributed by atoms with Crippen LogP contribution in [-0.4, -0.2) is 11.4 Å². The fourth-order valence-corrected chi connectivity index (χ4v) is 2.58. The van der Waals surface area contributed by atoms with Gasteiger partial charge >= 0.3 is 0 Å². The lowest BCUT2D eigenvalue weighted by atomic mass is 10.1.